The minimum Gasteiger partial charge on any atom is -0.354 e. The molecule has 0 spiro atoms. The Bertz CT molecular complexity index is 718. The molecule has 1 aromatic heterocycles. The van der Waals surface area contributed by atoms with Gasteiger partial charge in [-0.05, 0) is 45.8 Å². The number of halogens is 2. The summed E-state index contributed by atoms with van der Waals surface area (Å²) in [6.07, 6.45) is 1.60. The first-order chi connectivity index (χ1) is 11.2. The van der Waals surface area contributed by atoms with Gasteiger partial charge in [-0.1, -0.05) is 6.07 Å². The summed E-state index contributed by atoms with van der Waals surface area (Å²) in [6.45, 7) is 4.30. The fraction of sp³-hybridized carbons (Fsp3) is 0.294. The van der Waals surface area contributed by atoms with Crippen LogP contribution in [0.2, 0.25) is 0 Å². The van der Waals surface area contributed by atoms with Crippen LogP contribution in [-0.2, 0) is 6.54 Å². The Morgan fingerprint density at radius 3 is 2.57 bits per heavy atom. The first-order valence-corrected chi connectivity index (χ1v) is 8.22. The van der Waals surface area contributed by atoms with E-state index < -0.39 is 0 Å². The summed E-state index contributed by atoms with van der Waals surface area (Å²) < 4.78 is 14.1. The van der Waals surface area contributed by atoms with E-state index in [4.69, 9.17) is 5.26 Å². The molecule has 1 aliphatic rings. The van der Waals surface area contributed by atoms with Crippen LogP contribution in [0, 0.1) is 17.1 Å². The molecule has 1 aliphatic heterocycles. The Kier molecular flexibility index (Phi) is 4.89. The number of hydrogen-bond acceptors (Lipinski definition) is 4. The van der Waals surface area contributed by atoms with Crippen LogP contribution in [0.4, 0.5) is 10.2 Å². The van der Waals surface area contributed by atoms with Crippen molar-refractivity contribution < 1.29 is 4.39 Å². The SMILES string of the molecule is N#Cc1ccc(N2CCN(Cc3ccc(Br)c(F)c3)CC2)nc1. The Hall–Kier alpha value is -1.97. The number of anilines is 1. The molecular weight excluding hydrogens is 359 g/mol. The molecule has 0 amide bonds. The molecule has 0 aliphatic carbocycles. The lowest BCUT2D eigenvalue weighted by Gasteiger charge is -2.35. The summed E-state index contributed by atoms with van der Waals surface area (Å²) >= 11 is 3.18. The quantitative estimate of drug-likeness (QED) is 0.827. The van der Waals surface area contributed by atoms with Crippen LogP contribution in [0.5, 0.6) is 0 Å². The van der Waals surface area contributed by atoms with E-state index >= 15 is 0 Å². The van der Waals surface area contributed by atoms with Gasteiger partial charge < -0.3 is 4.90 Å². The molecule has 2 heterocycles. The Balaban J connectivity index is 1.57. The van der Waals surface area contributed by atoms with E-state index in [1.807, 2.05) is 12.1 Å². The molecule has 6 heteroatoms. The van der Waals surface area contributed by atoms with Crippen molar-refractivity contribution in [2.24, 2.45) is 0 Å². The average molecular weight is 375 g/mol. The Labute approximate surface area is 143 Å². The fourth-order valence-corrected chi connectivity index (χ4v) is 2.92. The molecule has 3 rings (SSSR count). The summed E-state index contributed by atoms with van der Waals surface area (Å²) in [5, 5.41) is 8.81. The van der Waals surface area contributed by atoms with Crippen LogP contribution < -0.4 is 4.90 Å². The molecule has 2 aromatic rings. The Morgan fingerprint density at radius 1 is 1.17 bits per heavy atom. The van der Waals surface area contributed by atoms with Gasteiger partial charge in [0.2, 0.25) is 0 Å². The summed E-state index contributed by atoms with van der Waals surface area (Å²) in [7, 11) is 0. The average Bonchev–Trinajstić information content (AvgIpc) is 2.59. The molecule has 0 radical (unpaired) electrons. The van der Waals surface area contributed by atoms with E-state index in [1.165, 1.54) is 0 Å². The maximum Gasteiger partial charge on any atom is 0.137 e. The number of nitrogens with zero attached hydrogens (tertiary/aromatic N) is 4. The van der Waals surface area contributed by atoms with E-state index in [1.54, 1.807) is 24.4 Å². The van der Waals surface area contributed by atoms with Crippen LogP contribution in [0.15, 0.2) is 41.0 Å². The van der Waals surface area contributed by atoms with Crippen LogP contribution >= 0.6 is 15.9 Å². The molecular formula is C17H16BrFN4. The lowest BCUT2D eigenvalue weighted by Crippen LogP contribution is -2.46. The zero-order valence-electron chi connectivity index (χ0n) is 12.5. The van der Waals surface area contributed by atoms with Crippen molar-refractivity contribution in [1.82, 2.24) is 9.88 Å². The molecule has 0 N–H and O–H groups in total. The molecule has 0 saturated carbocycles. The highest BCUT2D eigenvalue weighted by Gasteiger charge is 2.18. The number of hydrogen-bond donors (Lipinski definition) is 0. The van der Waals surface area contributed by atoms with Gasteiger partial charge in [-0.25, -0.2) is 9.37 Å². The first kappa shape index (κ1) is 15.9. The normalized spacial score (nSPS) is 15.4. The lowest BCUT2D eigenvalue weighted by atomic mass is 10.2. The van der Waals surface area contributed by atoms with Crippen molar-refractivity contribution in [3.8, 4) is 6.07 Å². The number of rotatable bonds is 3. The highest BCUT2D eigenvalue weighted by Crippen LogP contribution is 2.19. The van der Waals surface area contributed by atoms with Crippen molar-refractivity contribution >= 4 is 21.7 Å². The molecule has 0 bridgehead atoms. The predicted molar refractivity (Wildman–Crippen MR) is 90.5 cm³/mol. The second-order valence-electron chi connectivity index (χ2n) is 5.53. The summed E-state index contributed by atoms with van der Waals surface area (Å²) in [4.78, 5) is 8.85. The van der Waals surface area contributed by atoms with Crippen LogP contribution in [-0.4, -0.2) is 36.1 Å². The number of aromatic nitrogens is 1. The molecule has 1 fully saturated rings. The highest BCUT2D eigenvalue weighted by atomic mass is 79.9. The van der Waals surface area contributed by atoms with Crippen LogP contribution in [0.1, 0.15) is 11.1 Å². The van der Waals surface area contributed by atoms with Crippen molar-refractivity contribution in [1.29, 1.82) is 5.26 Å². The summed E-state index contributed by atoms with van der Waals surface area (Å²) in [6, 6.07) is 11.0. The molecule has 1 aromatic carbocycles. The third-order valence-electron chi connectivity index (χ3n) is 3.96. The molecule has 118 valence electrons. The monoisotopic (exact) mass is 374 g/mol. The zero-order valence-corrected chi connectivity index (χ0v) is 14.1. The van der Waals surface area contributed by atoms with Gasteiger partial charge in [-0.3, -0.25) is 4.90 Å². The molecule has 0 atom stereocenters. The van der Waals surface area contributed by atoms with Crippen molar-refractivity contribution in [2.45, 2.75) is 6.54 Å². The largest absolute Gasteiger partial charge is 0.354 e. The van der Waals surface area contributed by atoms with Gasteiger partial charge >= 0.3 is 0 Å². The van der Waals surface area contributed by atoms with Gasteiger partial charge in [0.05, 0.1) is 10.0 Å². The van der Waals surface area contributed by atoms with Crippen LogP contribution in [0.25, 0.3) is 0 Å². The van der Waals surface area contributed by atoms with Gasteiger partial charge in [0.1, 0.15) is 17.7 Å². The van der Waals surface area contributed by atoms with Crippen molar-refractivity contribution in [3.63, 3.8) is 0 Å². The van der Waals surface area contributed by atoms with Crippen molar-refractivity contribution in [3.05, 3.63) is 57.9 Å². The number of nitriles is 1. The smallest absolute Gasteiger partial charge is 0.137 e. The fourth-order valence-electron chi connectivity index (χ4n) is 2.67. The van der Waals surface area contributed by atoms with Crippen molar-refractivity contribution in [2.75, 3.05) is 31.1 Å². The third-order valence-corrected chi connectivity index (χ3v) is 4.61. The molecule has 0 unspecified atom stereocenters. The number of piperazine rings is 1. The first-order valence-electron chi connectivity index (χ1n) is 7.43. The minimum atomic E-state index is -0.220. The third kappa shape index (κ3) is 3.87. The lowest BCUT2D eigenvalue weighted by molar-refractivity contribution is 0.249. The van der Waals surface area contributed by atoms with Gasteiger partial charge in [-0.2, -0.15) is 5.26 Å². The predicted octanol–water partition coefficient (Wildman–Crippen LogP) is 3.18. The molecule has 1 saturated heterocycles. The second kappa shape index (κ2) is 7.07. The standard InChI is InChI=1S/C17H16BrFN4/c18-15-3-1-13(9-16(15)19)12-22-5-7-23(8-6-22)17-4-2-14(10-20)11-21-17/h1-4,9,11H,5-8,12H2. The zero-order chi connectivity index (χ0) is 16.2. The second-order valence-corrected chi connectivity index (χ2v) is 6.38. The van der Waals surface area contributed by atoms with E-state index in [9.17, 15) is 4.39 Å². The highest BCUT2D eigenvalue weighted by molar-refractivity contribution is 9.10. The van der Waals surface area contributed by atoms with Gasteiger partial charge in [0.15, 0.2) is 0 Å². The van der Waals surface area contributed by atoms with Gasteiger partial charge in [-0.15, -0.1) is 0 Å². The van der Waals surface area contributed by atoms with E-state index in [0.29, 0.717) is 10.0 Å². The van der Waals surface area contributed by atoms with Gasteiger partial charge in [0.25, 0.3) is 0 Å². The Morgan fingerprint density at radius 2 is 1.96 bits per heavy atom. The maximum atomic E-state index is 13.6. The minimum absolute atomic E-state index is 0.220. The number of pyridine rings is 1. The van der Waals surface area contributed by atoms with Gasteiger partial charge in [0, 0.05) is 38.9 Å². The summed E-state index contributed by atoms with van der Waals surface area (Å²) in [5.74, 6) is 0.682. The maximum absolute atomic E-state index is 13.6. The number of benzene rings is 1. The topological polar surface area (TPSA) is 43.2 Å². The molecule has 4 nitrogen and oxygen atoms in total. The van der Waals surface area contributed by atoms with E-state index in [-0.39, 0.29) is 5.82 Å². The van der Waals surface area contributed by atoms with E-state index in [2.05, 4.69) is 36.8 Å². The summed E-state index contributed by atoms with van der Waals surface area (Å²) in [5.41, 5.74) is 1.56. The van der Waals surface area contributed by atoms with Crippen LogP contribution in [0.3, 0.4) is 0 Å². The molecule has 23 heavy (non-hydrogen) atoms. The van der Waals surface area contributed by atoms with E-state index in [0.717, 1.165) is 44.1 Å².